The third-order valence-electron chi connectivity index (χ3n) is 4.19. The third kappa shape index (κ3) is 5.33. The Hall–Kier alpha value is -1.39. The molecule has 0 saturated carbocycles. The number of nitrogens with one attached hydrogen (secondary N) is 1. The first-order chi connectivity index (χ1) is 10.7. The van der Waals surface area contributed by atoms with E-state index in [0.29, 0.717) is 5.56 Å². The van der Waals surface area contributed by atoms with Gasteiger partial charge in [-0.2, -0.15) is 0 Å². The molecule has 0 bridgehead atoms. The average Bonchev–Trinajstić information content (AvgIpc) is 2.46. The van der Waals surface area contributed by atoms with Gasteiger partial charge in [-0.15, -0.1) is 0 Å². The van der Waals surface area contributed by atoms with Gasteiger partial charge in [0.1, 0.15) is 0 Å². The summed E-state index contributed by atoms with van der Waals surface area (Å²) in [5.41, 5.74) is 1.79. The second kappa shape index (κ2) is 7.02. The van der Waals surface area contributed by atoms with Crippen LogP contribution in [0.15, 0.2) is 24.3 Å². The Morgan fingerprint density at radius 2 is 1.65 bits per heavy atom. The molecule has 0 atom stereocenters. The molecular formula is C19H30N2O2. The highest BCUT2D eigenvalue weighted by Gasteiger charge is 2.25. The fraction of sp³-hybridized carbons (Fsp3) is 0.632. The molecule has 1 aliphatic heterocycles. The summed E-state index contributed by atoms with van der Waals surface area (Å²) in [4.78, 5) is 14.8. The van der Waals surface area contributed by atoms with E-state index in [1.165, 1.54) is 5.56 Å². The number of morpholine rings is 1. The molecule has 4 heteroatoms. The number of amides is 1. The summed E-state index contributed by atoms with van der Waals surface area (Å²) in [7, 11) is 0. The van der Waals surface area contributed by atoms with Crippen LogP contribution in [0.2, 0.25) is 0 Å². The van der Waals surface area contributed by atoms with Crippen molar-refractivity contribution in [3.8, 4) is 0 Å². The van der Waals surface area contributed by atoms with Gasteiger partial charge in [0.2, 0.25) is 0 Å². The SMILES string of the molecule is CC(C)(CN1CCOCC1)NC(=O)c1ccc(C(C)(C)C)cc1. The average molecular weight is 318 g/mol. The number of benzene rings is 1. The van der Waals surface area contributed by atoms with Gasteiger partial charge >= 0.3 is 0 Å². The number of carbonyl (C=O) groups is 1. The second-order valence-corrected chi connectivity index (χ2v) is 8.05. The quantitative estimate of drug-likeness (QED) is 0.928. The van der Waals surface area contributed by atoms with Crippen LogP contribution in [0.5, 0.6) is 0 Å². The van der Waals surface area contributed by atoms with Gasteiger partial charge in [0.05, 0.1) is 13.2 Å². The molecule has 1 amide bonds. The predicted octanol–water partition coefficient (Wildman–Crippen LogP) is 2.82. The van der Waals surface area contributed by atoms with Crippen molar-refractivity contribution < 1.29 is 9.53 Å². The van der Waals surface area contributed by atoms with Crippen LogP contribution in [0.1, 0.15) is 50.5 Å². The monoisotopic (exact) mass is 318 g/mol. The predicted molar refractivity (Wildman–Crippen MR) is 93.9 cm³/mol. The zero-order valence-corrected chi connectivity index (χ0v) is 15.1. The molecule has 2 rings (SSSR count). The first kappa shape index (κ1) is 18.0. The molecule has 1 aliphatic rings. The Kier molecular flexibility index (Phi) is 5.48. The number of hydrogen-bond acceptors (Lipinski definition) is 3. The Balaban J connectivity index is 1.96. The molecule has 1 aromatic carbocycles. The van der Waals surface area contributed by atoms with Crippen LogP contribution in [0.3, 0.4) is 0 Å². The molecule has 0 aromatic heterocycles. The first-order valence-electron chi connectivity index (χ1n) is 8.41. The van der Waals surface area contributed by atoms with E-state index < -0.39 is 0 Å². The van der Waals surface area contributed by atoms with Crippen molar-refractivity contribution in [2.45, 2.75) is 45.6 Å². The van der Waals surface area contributed by atoms with E-state index in [1.807, 2.05) is 24.3 Å². The molecule has 23 heavy (non-hydrogen) atoms. The van der Waals surface area contributed by atoms with Crippen LogP contribution in [-0.2, 0) is 10.2 Å². The van der Waals surface area contributed by atoms with Crippen LogP contribution in [0.25, 0.3) is 0 Å². The van der Waals surface area contributed by atoms with Crippen LogP contribution < -0.4 is 5.32 Å². The lowest BCUT2D eigenvalue weighted by Gasteiger charge is -2.35. The highest BCUT2D eigenvalue weighted by Crippen LogP contribution is 2.22. The second-order valence-electron chi connectivity index (χ2n) is 8.05. The Morgan fingerprint density at radius 3 is 2.17 bits per heavy atom. The largest absolute Gasteiger partial charge is 0.379 e. The van der Waals surface area contributed by atoms with Crippen LogP contribution in [0.4, 0.5) is 0 Å². The molecule has 128 valence electrons. The number of carbonyl (C=O) groups excluding carboxylic acids is 1. The zero-order chi connectivity index (χ0) is 17.1. The number of hydrogen-bond donors (Lipinski definition) is 1. The molecule has 4 nitrogen and oxygen atoms in total. The summed E-state index contributed by atoms with van der Waals surface area (Å²) < 4.78 is 5.37. The van der Waals surface area contributed by atoms with E-state index in [1.54, 1.807) is 0 Å². The minimum Gasteiger partial charge on any atom is -0.379 e. The van der Waals surface area contributed by atoms with Gasteiger partial charge in [-0.25, -0.2) is 0 Å². The summed E-state index contributed by atoms with van der Waals surface area (Å²) in [5.74, 6) is -0.0104. The maximum Gasteiger partial charge on any atom is 0.251 e. The summed E-state index contributed by atoms with van der Waals surface area (Å²) in [5, 5.41) is 3.16. The van der Waals surface area contributed by atoms with E-state index in [9.17, 15) is 4.79 Å². The fourth-order valence-corrected chi connectivity index (χ4v) is 2.86. The minimum atomic E-state index is -0.267. The van der Waals surface area contributed by atoms with E-state index in [4.69, 9.17) is 4.74 Å². The topological polar surface area (TPSA) is 41.6 Å². The highest BCUT2D eigenvalue weighted by molar-refractivity contribution is 5.94. The fourth-order valence-electron chi connectivity index (χ4n) is 2.86. The van der Waals surface area contributed by atoms with Crippen molar-refractivity contribution in [1.82, 2.24) is 10.2 Å². The smallest absolute Gasteiger partial charge is 0.251 e. The lowest BCUT2D eigenvalue weighted by Crippen LogP contribution is -2.53. The third-order valence-corrected chi connectivity index (χ3v) is 4.19. The molecule has 0 radical (unpaired) electrons. The molecular weight excluding hydrogens is 288 g/mol. The molecule has 0 spiro atoms. The number of rotatable bonds is 4. The van der Waals surface area contributed by atoms with Gasteiger partial charge in [0, 0.05) is 30.7 Å². The van der Waals surface area contributed by atoms with E-state index >= 15 is 0 Å². The lowest BCUT2D eigenvalue weighted by atomic mass is 9.86. The maximum absolute atomic E-state index is 12.5. The molecule has 0 aliphatic carbocycles. The van der Waals surface area contributed by atoms with Crippen molar-refractivity contribution in [3.05, 3.63) is 35.4 Å². The first-order valence-corrected chi connectivity index (χ1v) is 8.41. The van der Waals surface area contributed by atoms with Crippen molar-refractivity contribution in [3.63, 3.8) is 0 Å². The molecule has 1 heterocycles. The standard InChI is InChI=1S/C19H30N2O2/c1-18(2,3)16-8-6-15(7-9-16)17(22)20-19(4,5)14-21-10-12-23-13-11-21/h6-9H,10-14H2,1-5H3,(H,20,22). The van der Waals surface area contributed by atoms with Crippen LogP contribution >= 0.6 is 0 Å². The van der Waals surface area contributed by atoms with Crippen LogP contribution in [-0.4, -0.2) is 49.2 Å². The van der Waals surface area contributed by atoms with Gasteiger partial charge in [-0.3, -0.25) is 9.69 Å². The van der Waals surface area contributed by atoms with E-state index in [-0.39, 0.29) is 16.9 Å². The molecule has 0 unspecified atom stereocenters. The van der Waals surface area contributed by atoms with Gasteiger partial charge in [-0.1, -0.05) is 32.9 Å². The van der Waals surface area contributed by atoms with Gasteiger partial charge in [0.25, 0.3) is 5.91 Å². The molecule has 1 fully saturated rings. The highest BCUT2D eigenvalue weighted by atomic mass is 16.5. The lowest BCUT2D eigenvalue weighted by molar-refractivity contribution is 0.0269. The summed E-state index contributed by atoms with van der Waals surface area (Å²) in [6.45, 7) is 14.9. The van der Waals surface area contributed by atoms with Crippen molar-refractivity contribution in [1.29, 1.82) is 0 Å². The summed E-state index contributed by atoms with van der Waals surface area (Å²) in [6, 6.07) is 7.93. The Labute approximate surface area is 140 Å². The Morgan fingerprint density at radius 1 is 1.09 bits per heavy atom. The van der Waals surface area contributed by atoms with E-state index in [2.05, 4.69) is 44.8 Å². The van der Waals surface area contributed by atoms with E-state index in [0.717, 1.165) is 32.8 Å². The summed E-state index contributed by atoms with van der Waals surface area (Å²) in [6.07, 6.45) is 0. The molecule has 1 aromatic rings. The summed E-state index contributed by atoms with van der Waals surface area (Å²) >= 11 is 0. The zero-order valence-electron chi connectivity index (χ0n) is 15.1. The normalized spacial score (nSPS) is 17.1. The van der Waals surface area contributed by atoms with Crippen LogP contribution in [0, 0.1) is 0 Å². The van der Waals surface area contributed by atoms with Gasteiger partial charge < -0.3 is 10.1 Å². The Bertz CT molecular complexity index is 523. The minimum absolute atomic E-state index is 0.0104. The van der Waals surface area contributed by atoms with Gasteiger partial charge in [-0.05, 0) is 37.0 Å². The number of ether oxygens (including phenoxy) is 1. The van der Waals surface area contributed by atoms with Crippen molar-refractivity contribution in [2.24, 2.45) is 0 Å². The van der Waals surface area contributed by atoms with Gasteiger partial charge in [0.15, 0.2) is 0 Å². The molecule has 1 N–H and O–H groups in total. The van der Waals surface area contributed by atoms with Crippen molar-refractivity contribution >= 4 is 5.91 Å². The maximum atomic E-state index is 12.5. The van der Waals surface area contributed by atoms with Crippen molar-refractivity contribution in [2.75, 3.05) is 32.8 Å². The molecule has 1 saturated heterocycles. The number of nitrogens with zero attached hydrogens (tertiary/aromatic N) is 1.